The van der Waals surface area contributed by atoms with Gasteiger partial charge in [0.05, 0.1) is 0 Å². The molecule has 0 aliphatic carbocycles. The molecular weight excluding hydrogens is 328 g/mol. The molecule has 0 saturated carbocycles. The summed E-state index contributed by atoms with van der Waals surface area (Å²) in [5.41, 5.74) is 5.42. The van der Waals surface area contributed by atoms with Crippen LogP contribution in [0.25, 0.3) is 0 Å². The van der Waals surface area contributed by atoms with E-state index in [2.05, 4.69) is 80.7 Å². The Bertz CT molecular complexity index is 596. The molecule has 0 fully saturated rings. The fourth-order valence-corrected chi connectivity index (χ4v) is 3.49. The Hall–Kier alpha value is -1.80. The third-order valence-electron chi connectivity index (χ3n) is 4.30. The number of fused-ring (bicyclic) bond motifs is 1. The molecule has 1 unspecified atom stereocenters. The van der Waals surface area contributed by atoms with Crippen molar-refractivity contribution in [3.63, 3.8) is 0 Å². The lowest BCUT2D eigenvalue weighted by molar-refractivity contribution is 0.342. The van der Waals surface area contributed by atoms with Crippen molar-refractivity contribution in [1.29, 1.82) is 0 Å². The molecule has 0 aromatic heterocycles. The molecule has 2 heteroatoms. The van der Waals surface area contributed by atoms with E-state index in [4.69, 9.17) is 0 Å². The van der Waals surface area contributed by atoms with Crippen molar-refractivity contribution in [2.45, 2.75) is 54.4 Å². The molecule has 2 rings (SSSR count). The van der Waals surface area contributed by atoms with Gasteiger partial charge in [0.25, 0.3) is 0 Å². The third-order valence-corrected chi connectivity index (χ3v) is 4.30. The Kier molecular flexibility index (Phi) is 13.3. The van der Waals surface area contributed by atoms with Gasteiger partial charge >= 0.3 is 0 Å². The van der Waals surface area contributed by atoms with Crippen LogP contribution in [0.4, 0.5) is 5.69 Å². The Morgan fingerprint density at radius 3 is 2.30 bits per heavy atom. The van der Waals surface area contributed by atoms with Gasteiger partial charge in [-0.2, -0.15) is 0 Å². The number of nitrogens with zero attached hydrogens (tertiary/aromatic N) is 2. The number of allylic oxidation sites excluding steroid dienone is 4. The zero-order valence-electron chi connectivity index (χ0n) is 19.0. The standard InChI is InChI=1S/C21H30N2.2C2H6/c1-6-10-18-13-14-19-11-8-9-12-21(19)23(20(18)7-2)16-17(3)15-22(4)5;2*1-2/h6-12,17H,2,13-16H2,1,3-5H3;2*1-2H3/b10-6-;;. The van der Waals surface area contributed by atoms with E-state index in [9.17, 15) is 0 Å². The van der Waals surface area contributed by atoms with Gasteiger partial charge in [-0.05, 0) is 63.1 Å². The Balaban J connectivity index is 0.00000158. The summed E-state index contributed by atoms with van der Waals surface area (Å²) in [5.74, 6) is 0.581. The Morgan fingerprint density at radius 1 is 1.11 bits per heavy atom. The number of benzene rings is 1. The molecule has 0 N–H and O–H groups in total. The highest BCUT2D eigenvalue weighted by molar-refractivity contribution is 5.63. The average molecular weight is 371 g/mol. The molecule has 0 amide bonds. The highest BCUT2D eigenvalue weighted by atomic mass is 15.2. The lowest BCUT2D eigenvalue weighted by atomic mass is 10.0. The molecule has 1 aliphatic rings. The van der Waals surface area contributed by atoms with Gasteiger partial charge in [0, 0.05) is 24.5 Å². The minimum absolute atomic E-state index is 0.581. The second-order valence-corrected chi connectivity index (χ2v) is 6.72. The van der Waals surface area contributed by atoms with Crippen molar-refractivity contribution in [3.8, 4) is 0 Å². The van der Waals surface area contributed by atoms with E-state index in [1.165, 1.54) is 22.5 Å². The molecule has 1 atom stereocenters. The number of anilines is 1. The highest BCUT2D eigenvalue weighted by Gasteiger charge is 2.22. The normalized spacial score (nSPS) is 14.6. The molecule has 1 aromatic carbocycles. The van der Waals surface area contributed by atoms with Crippen LogP contribution in [0.2, 0.25) is 0 Å². The van der Waals surface area contributed by atoms with Gasteiger partial charge in [0.15, 0.2) is 0 Å². The molecule has 1 aliphatic heterocycles. The van der Waals surface area contributed by atoms with E-state index in [-0.39, 0.29) is 0 Å². The molecule has 2 nitrogen and oxygen atoms in total. The van der Waals surface area contributed by atoms with Crippen molar-refractivity contribution in [2.24, 2.45) is 5.92 Å². The predicted octanol–water partition coefficient (Wildman–Crippen LogP) is 6.71. The maximum absolute atomic E-state index is 4.11. The van der Waals surface area contributed by atoms with Crippen LogP contribution in [0.5, 0.6) is 0 Å². The topological polar surface area (TPSA) is 6.48 Å². The van der Waals surface area contributed by atoms with Crippen molar-refractivity contribution >= 4 is 5.69 Å². The molecule has 0 saturated heterocycles. The summed E-state index contributed by atoms with van der Waals surface area (Å²) in [6.45, 7) is 18.6. The van der Waals surface area contributed by atoms with Crippen LogP contribution in [-0.2, 0) is 6.42 Å². The monoisotopic (exact) mass is 370 g/mol. The molecule has 0 radical (unpaired) electrons. The van der Waals surface area contributed by atoms with Gasteiger partial charge in [0.1, 0.15) is 0 Å². The Labute approximate surface area is 169 Å². The van der Waals surface area contributed by atoms with Crippen LogP contribution >= 0.6 is 0 Å². The van der Waals surface area contributed by atoms with Crippen LogP contribution in [0.15, 0.2) is 60.3 Å². The first-order valence-electron chi connectivity index (χ1n) is 10.5. The number of rotatable bonds is 6. The van der Waals surface area contributed by atoms with Gasteiger partial charge in [0.2, 0.25) is 0 Å². The first kappa shape index (κ1) is 25.2. The number of para-hydroxylation sites is 1. The van der Waals surface area contributed by atoms with Crippen LogP contribution in [0.3, 0.4) is 0 Å². The van der Waals surface area contributed by atoms with E-state index >= 15 is 0 Å². The quantitative estimate of drug-likeness (QED) is 0.549. The fraction of sp³-hybridized carbons (Fsp3) is 0.520. The number of aryl methyl sites for hydroxylation is 1. The smallest absolute Gasteiger partial charge is 0.0443 e. The second kappa shape index (κ2) is 14.3. The highest BCUT2D eigenvalue weighted by Crippen LogP contribution is 2.33. The van der Waals surface area contributed by atoms with Crippen molar-refractivity contribution in [2.75, 3.05) is 32.1 Å². The SMILES string of the molecule is C=CC1=C(/C=C\C)CCc2ccccc2N1CC(C)CN(C)C.CC.CC. The fourth-order valence-electron chi connectivity index (χ4n) is 3.49. The molecule has 152 valence electrons. The summed E-state index contributed by atoms with van der Waals surface area (Å²) in [7, 11) is 4.28. The third kappa shape index (κ3) is 7.76. The first-order chi connectivity index (χ1) is 13.1. The lowest BCUT2D eigenvalue weighted by Gasteiger charge is -2.31. The molecular formula is C25H42N2. The maximum atomic E-state index is 4.11. The molecule has 0 spiro atoms. The second-order valence-electron chi connectivity index (χ2n) is 6.72. The first-order valence-corrected chi connectivity index (χ1v) is 10.5. The minimum Gasteiger partial charge on any atom is -0.341 e. The van der Waals surface area contributed by atoms with Crippen LogP contribution < -0.4 is 4.90 Å². The Morgan fingerprint density at radius 2 is 1.74 bits per heavy atom. The zero-order valence-corrected chi connectivity index (χ0v) is 19.0. The van der Waals surface area contributed by atoms with Crippen molar-refractivity contribution in [3.05, 3.63) is 65.9 Å². The summed E-state index contributed by atoms with van der Waals surface area (Å²) in [6.07, 6.45) is 8.57. The predicted molar refractivity (Wildman–Crippen MR) is 125 cm³/mol. The summed E-state index contributed by atoms with van der Waals surface area (Å²) < 4.78 is 0. The molecule has 27 heavy (non-hydrogen) atoms. The summed E-state index contributed by atoms with van der Waals surface area (Å²) >= 11 is 0. The number of hydrogen-bond acceptors (Lipinski definition) is 2. The van der Waals surface area contributed by atoms with E-state index in [0.29, 0.717) is 5.92 Å². The summed E-state index contributed by atoms with van der Waals surface area (Å²) in [6, 6.07) is 8.80. The molecule has 0 bridgehead atoms. The van der Waals surface area contributed by atoms with Crippen LogP contribution in [0.1, 0.15) is 53.5 Å². The van der Waals surface area contributed by atoms with Gasteiger partial charge in [-0.1, -0.05) is 71.5 Å². The summed E-state index contributed by atoms with van der Waals surface area (Å²) in [5, 5.41) is 0. The van der Waals surface area contributed by atoms with Crippen molar-refractivity contribution in [1.82, 2.24) is 4.90 Å². The minimum atomic E-state index is 0.581. The van der Waals surface area contributed by atoms with Crippen molar-refractivity contribution < 1.29 is 0 Å². The maximum Gasteiger partial charge on any atom is 0.0443 e. The van der Waals surface area contributed by atoms with Gasteiger partial charge < -0.3 is 9.80 Å². The van der Waals surface area contributed by atoms with Gasteiger partial charge in [-0.25, -0.2) is 0 Å². The van der Waals surface area contributed by atoms with E-state index in [0.717, 1.165) is 25.9 Å². The number of hydrogen-bond donors (Lipinski definition) is 0. The zero-order chi connectivity index (χ0) is 20.8. The van der Waals surface area contributed by atoms with E-state index < -0.39 is 0 Å². The van der Waals surface area contributed by atoms with Gasteiger partial charge in [-0.3, -0.25) is 0 Å². The van der Waals surface area contributed by atoms with Crippen LogP contribution in [-0.4, -0.2) is 32.1 Å². The lowest BCUT2D eigenvalue weighted by Crippen LogP contribution is -2.33. The van der Waals surface area contributed by atoms with Crippen LogP contribution in [0, 0.1) is 5.92 Å². The molecule has 1 aromatic rings. The summed E-state index contributed by atoms with van der Waals surface area (Å²) in [4.78, 5) is 4.73. The molecule has 1 heterocycles. The largest absolute Gasteiger partial charge is 0.341 e. The average Bonchev–Trinajstić information content (AvgIpc) is 2.82. The van der Waals surface area contributed by atoms with E-state index in [1.54, 1.807) is 0 Å². The van der Waals surface area contributed by atoms with E-state index in [1.807, 2.05) is 33.8 Å². The van der Waals surface area contributed by atoms with Gasteiger partial charge in [-0.15, -0.1) is 0 Å².